The maximum atomic E-state index is 13.9. The van der Waals surface area contributed by atoms with E-state index in [4.69, 9.17) is 11.6 Å². The highest BCUT2D eigenvalue weighted by molar-refractivity contribution is 7.92. The number of amides is 2. The van der Waals surface area contributed by atoms with Gasteiger partial charge in [-0.25, -0.2) is 8.42 Å². The number of hydrogen-bond donors (Lipinski definition) is 1. The number of halogens is 1. The summed E-state index contributed by atoms with van der Waals surface area (Å²) >= 11 is 6.50. The monoisotopic (exact) mass is 611 g/mol. The van der Waals surface area contributed by atoms with Crippen LogP contribution in [0.3, 0.4) is 0 Å². The number of benzene rings is 3. The van der Waals surface area contributed by atoms with Gasteiger partial charge in [0.1, 0.15) is 6.04 Å². The molecule has 0 aliphatic carbocycles. The summed E-state index contributed by atoms with van der Waals surface area (Å²) in [7, 11) is -3.58. The van der Waals surface area contributed by atoms with Gasteiger partial charge < -0.3 is 10.2 Å². The normalized spacial score (nSPS) is 12.2. The lowest BCUT2D eigenvalue weighted by Gasteiger charge is -2.32. The number of carbonyl (C=O) groups is 2. The van der Waals surface area contributed by atoms with Crippen LogP contribution in [0.4, 0.5) is 5.69 Å². The Hall–Kier alpha value is -3.36. The molecule has 3 aromatic rings. The van der Waals surface area contributed by atoms with Crippen molar-refractivity contribution in [1.82, 2.24) is 10.2 Å². The molecule has 0 saturated carbocycles. The van der Waals surface area contributed by atoms with Gasteiger partial charge in [-0.1, -0.05) is 80.0 Å². The molecule has 1 N–H and O–H groups in total. The molecule has 0 radical (unpaired) electrons. The summed E-state index contributed by atoms with van der Waals surface area (Å²) < 4.78 is 26.7. The summed E-state index contributed by atoms with van der Waals surface area (Å²) in [5, 5.41) is 3.52. The van der Waals surface area contributed by atoms with E-state index in [1.807, 2.05) is 88.4 Å². The standard InChI is InChI=1S/C33H42ClN3O4S/c1-24(2)22-35-33(39)31(21-27-12-7-6-8-13-27)36(23-28-14-9-10-15-30(28)34)32(38)16-11-19-37(42(5,40)41)29-18-17-25(3)26(4)20-29/h6-10,12-15,17-18,20,24,31H,11,16,19,21-23H2,1-5H3,(H,35,39)/t31-/m1/s1. The molecule has 0 unspecified atom stereocenters. The second-order valence-electron chi connectivity index (χ2n) is 11.2. The van der Waals surface area contributed by atoms with Crippen molar-refractivity contribution in [3.8, 4) is 0 Å². The maximum Gasteiger partial charge on any atom is 0.243 e. The molecule has 7 nitrogen and oxygen atoms in total. The fraction of sp³-hybridized carbons (Fsp3) is 0.394. The minimum absolute atomic E-state index is 0.0596. The summed E-state index contributed by atoms with van der Waals surface area (Å²) in [4.78, 5) is 29.1. The van der Waals surface area contributed by atoms with Gasteiger partial charge in [-0.2, -0.15) is 0 Å². The van der Waals surface area contributed by atoms with Crippen LogP contribution in [0, 0.1) is 19.8 Å². The largest absolute Gasteiger partial charge is 0.354 e. The van der Waals surface area contributed by atoms with Crippen LogP contribution in [0.15, 0.2) is 72.8 Å². The molecule has 226 valence electrons. The van der Waals surface area contributed by atoms with Gasteiger partial charge in [-0.15, -0.1) is 0 Å². The Labute approximate surface area is 255 Å². The zero-order valence-electron chi connectivity index (χ0n) is 25.1. The summed E-state index contributed by atoms with van der Waals surface area (Å²) in [6.07, 6.45) is 1.84. The first kappa shape index (κ1) is 33.1. The second-order valence-corrected chi connectivity index (χ2v) is 13.5. The van der Waals surface area contributed by atoms with Crippen LogP contribution < -0.4 is 9.62 Å². The van der Waals surface area contributed by atoms with Crippen LogP contribution in [0.2, 0.25) is 5.02 Å². The van der Waals surface area contributed by atoms with Gasteiger partial charge in [0.25, 0.3) is 0 Å². The highest BCUT2D eigenvalue weighted by Crippen LogP contribution is 2.24. The van der Waals surface area contributed by atoms with Crippen molar-refractivity contribution in [3.63, 3.8) is 0 Å². The van der Waals surface area contributed by atoms with E-state index in [2.05, 4.69) is 5.32 Å². The van der Waals surface area contributed by atoms with Crippen LogP contribution in [0.1, 0.15) is 48.9 Å². The molecule has 0 aliphatic rings. The molecule has 0 aliphatic heterocycles. The van der Waals surface area contributed by atoms with Crippen LogP contribution in [-0.2, 0) is 32.6 Å². The Kier molecular flexibility index (Phi) is 12.0. The average Bonchev–Trinajstić information content (AvgIpc) is 2.94. The number of carbonyl (C=O) groups excluding carboxylic acids is 2. The quantitative estimate of drug-likeness (QED) is 0.245. The SMILES string of the molecule is Cc1ccc(N(CCCC(=O)N(Cc2ccccc2Cl)[C@H](Cc2ccccc2)C(=O)NCC(C)C)S(C)(=O)=O)cc1C. The fourth-order valence-electron chi connectivity index (χ4n) is 4.67. The molecule has 0 fully saturated rings. The zero-order chi connectivity index (χ0) is 30.9. The van der Waals surface area contributed by atoms with E-state index in [1.165, 1.54) is 10.6 Å². The maximum absolute atomic E-state index is 13.9. The van der Waals surface area contributed by atoms with Crippen LogP contribution in [0.25, 0.3) is 0 Å². The van der Waals surface area contributed by atoms with Crippen molar-refractivity contribution < 1.29 is 18.0 Å². The molecule has 9 heteroatoms. The number of hydrogen-bond acceptors (Lipinski definition) is 4. The van der Waals surface area contributed by atoms with Crippen molar-refractivity contribution in [2.45, 2.75) is 59.5 Å². The predicted molar refractivity (Wildman–Crippen MR) is 171 cm³/mol. The minimum Gasteiger partial charge on any atom is -0.354 e. The molecule has 3 aromatic carbocycles. The van der Waals surface area contributed by atoms with Crippen LogP contribution in [-0.4, -0.2) is 50.5 Å². The first-order valence-electron chi connectivity index (χ1n) is 14.3. The number of nitrogens with zero attached hydrogens (tertiary/aromatic N) is 2. The van der Waals surface area contributed by atoms with Gasteiger partial charge in [0, 0.05) is 37.5 Å². The number of sulfonamides is 1. The van der Waals surface area contributed by atoms with E-state index in [0.717, 1.165) is 22.3 Å². The number of rotatable bonds is 14. The molecule has 1 atom stereocenters. The molecule has 0 heterocycles. The van der Waals surface area contributed by atoms with Gasteiger partial charge in [0.15, 0.2) is 0 Å². The summed E-state index contributed by atoms with van der Waals surface area (Å²) in [6.45, 7) is 8.71. The van der Waals surface area contributed by atoms with Gasteiger partial charge in [-0.05, 0) is 66.6 Å². The van der Waals surface area contributed by atoms with Crippen molar-refractivity contribution >= 4 is 39.1 Å². The third kappa shape index (κ3) is 9.60. The lowest BCUT2D eigenvalue weighted by molar-refractivity contribution is -0.141. The summed E-state index contributed by atoms with van der Waals surface area (Å²) in [6, 6.07) is 21.6. The van der Waals surface area contributed by atoms with E-state index in [1.54, 1.807) is 17.0 Å². The Morgan fingerprint density at radius 2 is 1.60 bits per heavy atom. The van der Waals surface area contributed by atoms with Crippen LogP contribution in [0.5, 0.6) is 0 Å². The molecule has 42 heavy (non-hydrogen) atoms. The average molecular weight is 612 g/mol. The lowest BCUT2D eigenvalue weighted by Crippen LogP contribution is -2.51. The summed E-state index contributed by atoms with van der Waals surface area (Å²) in [5.74, 6) is -0.239. The highest BCUT2D eigenvalue weighted by Gasteiger charge is 2.31. The Morgan fingerprint density at radius 1 is 0.929 bits per heavy atom. The molecule has 0 spiro atoms. The van der Waals surface area contributed by atoms with Crippen molar-refractivity contribution in [1.29, 1.82) is 0 Å². The first-order valence-corrected chi connectivity index (χ1v) is 16.5. The van der Waals surface area contributed by atoms with Crippen molar-refractivity contribution in [3.05, 3.63) is 100 Å². The van der Waals surface area contributed by atoms with E-state index in [-0.39, 0.29) is 43.7 Å². The Balaban J connectivity index is 1.89. The molecule has 0 bridgehead atoms. The smallest absolute Gasteiger partial charge is 0.243 e. The topological polar surface area (TPSA) is 86.8 Å². The van der Waals surface area contributed by atoms with Gasteiger partial charge in [0.05, 0.1) is 11.9 Å². The third-order valence-corrected chi connectivity index (χ3v) is 8.75. The van der Waals surface area contributed by atoms with Crippen LogP contribution >= 0.6 is 11.6 Å². The van der Waals surface area contributed by atoms with Gasteiger partial charge in [-0.3, -0.25) is 13.9 Å². The van der Waals surface area contributed by atoms with E-state index in [9.17, 15) is 18.0 Å². The third-order valence-electron chi connectivity index (χ3n) is 7.18. The van der Waals surface area contributed by atoms with Crippen molar-refractivity contribution in [2.24, 2.45) is 5.92 Å². The fourth-order valence-corrected chi connectivity index (χ4v) is 5.82. The Morgan fingerprint density at radius 3 is 2.21 bits per heavy atom. The van der Waals surface area contributed by atoms with Gasteiger partial charge in [0.2, 0.25) is 21.8 Å². The molecule has 0 aromatic heterocycles. The predicted octanol–water partition coefficient (Wildman–Crippen LogP) is 5.92. The highest BCUT2D eigenvalue weighted by atomic mass is 35.5. The minimum atomic E-state index is -3.58. The molecule has 0 saturated heterocycles. The number of aryl methyl sites for hydroxylation is 2. The molecule has 2 amide bonds. The van der Waals surface area contributed by atoms with E-state index in [0.29, 0.717) is 23.7 Å². The van der Waals surface area contributed by atoms with Crippen molar-refractivity contribution in [2.75, 3.05) is 23.7 Å². The Bertz CT molecular complexity index is 1460. The molecule has 3 rings (SSSR count). The number of nitrogens with one attached hydrogen (secondary N) is 1. The zero-order valence-corrected chi connectivity index (χ0v) is 26.7. The number of anilines is 1. The molecular weight excluding hydrogens is 570 g/mol. The lowest BCUT2D eigenvalue weighted by atomic mass is 10.0. The molecular formula is C33H42ClN3O4S. The first-order chi connectivity index (χ1) is 19.9. The van der Waals surface area contributed by atoms with E-state index >= 15 is 0 Å². The second kappa shape index (κ2) is 15.2. The van der Waals surface area contributed by atoms with Gasteiger partial charge >= 0.3 is 0 Å². The van der Waals surface area contributed by atoms with E-state index < -0.39 is 16.1 Å². The summed E-state index contributed by atoms with van der Waals surface area (Å²) in [5.41, 5.74) is 4.28.